The number of anilines is 1. The summed E-state index contributed by atoms with van der Waals surface area (Å²) in [5.74, 6) is 1.25. The average Bonchev–Trinajstić information content (AvgIpc) is 2.65. The predicted octanol–water partition coefficient (Wildman–Crippen LogP) is 3.37. The van der Waals surface area contributed by atoms with E-state index in [1.807, 2.05) is 4.68 Å². The molecular weight excluding hydrogens is 224 g/mol. The third kappa shape index (κ3) is 3.72. The molecule has 1 heterocycles. The highest BCUT2D eigenvalue weighted by molar-refractivity contribution is 5.37. The van der Waals surface area contributed by atoms with Crippen LogP contribution in [0, 0.1) is 5.92 Å². The first-order valence-corrected chi connectivity index (χ1v) is 7.09. The van der Waals surface area contributed by atoms with E-state index in [0.29, 0.717) is 11.7 Å². The lowest BCUT2D eigenvalue weighted by atomic mass is 9.91. The molecule has 0 saturated carbocycles. The van der Waals surface area contributed by atoms with Gasteiger partial charge in [-0.1, -0.05) is 59.1 Å². The van der Waals surface area contributed by atoms with Gasteiger partial charge in [-0.05, 0) is 12.3 Å². The van der Waals surface area contributed by atoms with Crippen molar-refractivity contribution in [2.75, 3.05) is 5.73 Å². The first-order valence-electron chi connectivity index (χ1n) is 7.09. The summed E-state index contributed by atoms with van der Waals surface area (Å²) in [6, 6.07) is 0. The molecule has 0 spiro atoms. The largest absolute Gasteiger partial charge is 0.381 e. The molecular formula is C14H28N4. The second kappa shape index (κ2) is 6.21. The van der Waals surface area contributed by atoms with Crippen molar-refractivity contribution in [3.8, 4) is 0 Å². The van der Waals surface area contributed by atoms with Gasteiger partial charge in [0.1, 0.15) is 0 Å². The number of aromatic nitrogens is 3. The Labute approximate surface area is 111 Å². The Morgan fingerprint density at radius 3 is 2.44 bits per heavy atom. The maximum absolute atomic E-state index is 5.95. The summed E-state index contributed by atoms with van der Waals surface area (Å²) >= 11 is 0. The zero-order valence-electron chi connectivity index (χ0n) is 12.5. The number of hydrogen-bond donors (Lipinski definition) is 1. The van der Waals surface area contributed by atoms with Gasteiger partial charge in [0.15, 0.2) is 5.82 Å². The molecule has 4 heteroatoms. The summed E-state index contributed by atoms with van der Waals surface area (Å²) in [5, 5.41) is 8.26. The van der Waals surface area contributed by atoms with E-state index in [1.54, 1.807) is 0 Å². The van der Waals surface area contributed by atoms with Crippen molar-refractivity contribution in [3.63, 3.8) is 0 Å². The van der Waals surface area contributed by atoms with Crippen molar-refractivity contribution >= 4 is 5.82 Å². The van der Waals surface area contributed by atoms with Gasteiger partial charge in [-0.25, -0.2) is 4.68 Å². The van der Waals surface area contributed by atoms with Crippen LogP contribution in [0.25, 0.3) is 0 Å². The zero-order valence-corrected chi connectivity index (χ0v) is 12.5. The molecule has 0 saturated heterocycles. The first-order chi connectivity index (χ1) is 8.40. The van der Waals surface area contributed by atoms with E-state index in [2.05, 4.69) is 44.9 Å². The molecule has 18 heavy (non-hydrogen) atoms. The molecule has 1 rings (SSSR count). The smallest absolute Gasteiger partial charge is 0.169 e. The van der Waals surface area contributed by atoms with Crippen LogP contribution in [0.4, 0.5) is 5.82 Å². The van der Waals surface area contributed by atoms with Crippen LogP contribution in [-0.2, 0) is 12.0 Å². The standard InChI is InChI=1S/C14H28N4/c1-6-8-9-11(7-2)10-18-12(14(3,4)5)13(15)16-17-18/h11H,6-10,15H2,1-5H3. The lowest BCUT2D eigenvalue weighted by Crippen LogP contribution is -2.22. The van der Waals surface area contributed by atoms with Gasteiger partial charge in [0, 0.05) is 12.0 Å². The van der Waals surface area contributed by atoms with Crippen molar-refractivity contribution < 1.29 is 0 Å². The Kier molecular flexibility index (Phi) is 5.17. The predicted molar refractivity (Wildman–Crippen MR) is 76.4 cm³/mol. The van der Waals surface area contributed by atoms with Crippen LogP contribution in [0.15, 0.2) is 0 Å². The van der Waals surface area contributed by atoms with Gasteiger partial charge in [0.25, 0.3) is 0 Å². The van der Waals surface area contributed by atoms with Crippen LogP contribution < -0.4 is 5.73 Å². The highest BCUT2D eigenvalue weighted by atomic mass is 15.4. The molecule has 104 valence electrons. The fourth-order valence-corrected chi connectivity index (χ4v) is 2.39. The molecule has 0 radical (unpaired) electrons. The van der Waals surface area contributed by atoms with Gasteiger partial charge in [0.2, 0.25) is 0 Å². The van der Waals surface area contributed by atoms with Crippen LogP contribution in [0.5, 0.6) is 0 Å². The Hall–Kier alpha value is -1.06. The minimum absolute atomic E-state index is 0.00334. The summed E-state index contributed by atoms with van der Waals surface area (Å²) < 4.78 is 2.01. The van der Waals surface area contributed by atoms with Crippen molar-refractivity contribution in [2.24, 2.45) is 5.92 Å². The van der Waals surface area contributed by atoms with Crippen LogP contribution >= 0.6 is 0 Å². The molecule has 0 aliphatic carbocycles. The van der Waals surface area contributed by atoms with E-state index in [9.17, 15) is 0 Å². The number of hydrogen-bond acceptors (Lipinski definition) is 3. The summed E-state index contributed by atoms with van der Waals surface area (Å²) in [4.78, 5) is 0. The van der Waals surface area contributed by atoms with Crippen molar-refractivity contribution in [1.29, 1.82) is 0 Å². The average molecular weight is 252 g/mol. The lowest BCUT2D eigenvalue weighted by Gasteiger charge is -2.22. The Morgan fingerprint density at radius 1 is 1.28 bits per heavy atom. The summed E-state index contributed by atoms with van der Waals surface area (Å²) in [6.45, 7) is 11.9. The maximum atomic E-state index is 5.95. The zero-order chi connectivity index (χ0) is 13.8. The SMILES string of the molecule is CCCCC(CC)Cn1nnc(N)c1C(C)(C)C. The van der Waals surface area contributed by atoms with Gasteiger partial charge in [-0.3, -0.25) is 0 Å². The third-order valence-corrected chi connectivity index (χ3v) is 3.45. The van der Waals surface area contributed by atoms with Gasteiger partial charge in [-0.15, -0.1) is 5.10 Å². The van der Waals surface area contributed by atoms with Gasteiger partial charge < -0.3 is 5.73 Å². The van der Waals surface area contributed by atoms with E-state index in [0.717, 1.165) is 12.2 Å². The molecule has 2 N–H and O–H groups in total. The quantitative estimate of drug-likeness (QED) is 0.844. The normalized spacial score (nSPS) is 13.8. The summed E-state index contributed by atoms with van der Waals surface area (Å²) in [6.07, 6.45) is 4.98. The fraction of sp³-hybridized carbons (Fsp3) is 0.857. The van der Waals surface area contributed by atoms with Gasteiger partial charge in [0.05, 0.1) is 5.69 Å². The van der Waals surface area contributed by atoms with Crippen LogP contribution in [0.2, 0.25) is 0 Å². The number of unbranched alkanes of at least 4 members (excludes halogenated alkanes) is 1. The molecule has 1 atom stereocenters. The number of nitrogens with zero attached hydrogens (tertiary/aromatic N) is 3. The van der Waals surface area contributed by atoms with Crippen LogP contribution in [0.1, 0.15) is 66.0 Å². The molecule has 0 aliphatic rings. The van der Waals surface area contributed by atoms with Gasteiger partial charge >= 0.3 is 0 Å². The Morgan fingerprint density at radius 2 is 1.94 bits per heavy atom. The second-order valence-electron chi connectivity index (χ2n) is 6.17. The third-order valence-electron chi connectivity index (χ3n) is 3.45. The molecule has 0 aliphatic heterocycles. The molecule has 0 bridgehead atoms. The van der Waals surface area contributed by atoms with E-state index in [1.165, 1.54) is 25.7 Å². The summed E-state index contributed by atoms with van der Waals surface area (Å²) in [5.41, 5.74) is 7.01. The molecule has 1 unspecified atom stereocenters. The molecule has 1 aromatic heterocycles. The van der Waals surface area contributed by atoms with Crippen LogP contribution in [0.3, 0.4) is 0 Å². The lowest BCUT2D eigenvalue weighted by molar-refractivity contribution is 0.349. The highest BCUT2D eigenvalue weighted by Crippen LogP contribution is 2.27. The van der Waals surface area contributed by atoms with E-state index in [4.69, 9.17) is 5.73 Å². The number of nitrogen functional groups attached to an aromatic ring is 1. The topological polar surface area (TPSA) is 56.7 Å². The monoisotopic (exact) mass is 252 g/mol. The first kappa shape index (κ1) is 15.0. The summed E-state index contributed by atoms with van der Waals surface area (Å²) in [7, 11) is 0. The Bertz CT molecular complexity index is 362. The Balaban J connectivity index is 2.83. The van der Waals surface area contributed by atoms with Crippen LogP contribution in [-0.4, -0.2) is 15.0 Å². The van der Waals surface area contributed by atoms with E-state index >= 15 is 0 Å². The minimum atomic E-state index is -0.00334. The number of nitrogens with two attached hydrogens (primary N) is 1. The molecule has 0 fully saturated rings. The van der Waals surface area contributed by atoms with Gasteiger partial charge in [-0.2, -0.15) is 0 Å². The minimum Gasteiger partial charge on any atom is -0.381 e. The molecule has 1 aromatic rings. The van der Waals surface area contributed by atoms with Crippen molar-refractivity contribution in [3.05, 3.63) is 5.69 Å². The number of rotatable bonds is 6. The molecule has 0 aromatic carbocycles. The van der Waals surface area contributed by atoms with E-state index < -0.39 is 0 Å². The maximum Gasteiger partial charge on any atom is 0.169 e. The molecule has 4 nitrogen and oxygen atoms in total. The second-order valence-corrected chi connectivity index (χ2v) is 6.17. The highest BCUT2D eigenvalue weighted by Gasteiger charge is 2.24. The fourth-order valence-electron chi connectivity index (χ4n) is 2.39. The molecule has 0 amide bonds. The van der Waals surface area contributed by atoms with E-state index in [-0.39, 0.29) is 5.41 Å². The van der Waals surface area contributed by atoms with Crippen molar-refractivity contribution in [1.82, 2.24) is 15.0 Å². The van der Waals surface area contributed by atoms with Crippen molar-refractivity contribution in [2.45, 2.75) is 72.3 Å².